The van der Waals surface area contributed by atoms with Gasteiger partial charge in [0.05, 0.1) is 11.6 Å². The number of aliphatic hydroxyl groups excluding tert-OH is 1. The summed E-state index contributed by atoms with van der Waals surface area (Å²) in [4.78, 5) is 27.0. The fraction of sp³-hybridized carbons (Fsp3) is 0.273. The molecule has 4 heteroatoms. The predicted molar refractivity (Wildman–Crippen MR) is 101 cm³/mol. The Morgan fingerprint density at radius 2 is 1.65 bits per heavy atom. The Hall–Kier alpha value is -2.88. The van der Waals surface area contributed by atoms with Gasteiger partial charge < -0.3 is 10.0 Å². The van der Waals surface area contributed by atoms with E-state index in [0.717, 1.165) is 17.5 Å². The van der Waals surface area contributed by atoms with Crippen molar-refractivity contribution >= 4 is 11.7 Å². The van der Waals surface area contributed by atoms with E-state index in [1.807, 2.05) is 67.6 Å². The molecule has 1 atom stereocenters. The molecule has 2 aromatic rings. The fourth-order valence-electron chi connectivity index (χ4n) is 3.43. The largest absolute Gasteiger partial charge is 0.503 e. The van der Waals surface area contributed by atoms with Crippen molar-refractivity contribution in [2.24, 2.45) is 0 Å². The van der Waals surface area contributed by atoms with Crippen LogP contribution in [0.1, 0.15) is 36.9 Å². The van der Waals surface area contributed by atoms with E-state index in [-0.39, 0.29) is 17.8 Å². The summed E-state index contributed by atoms with van der Waals surface area (Å²) in [5.74, 6) is -1.03. The molecule has 1 N–H and O–H groups in total. The summed E-state index contributed by atoms with van der Waals surface area (Å²) in [5, 5.41) is 10.4. The first-order chi connectivity index (χ1) is 12.6. The van der Waals surface area contributed by atoms with Crippen LogP contribution in [0.25, 0.3) is 0 Å². The van der Waals surface area contributed by atoms with Crippen molar-refractivity contribution in [3.8, 4) is 0 Å². The summed E-state index contributed by atoms with van der Waals surface area (Å²) < 4.78 is 0. The lowest BCUT2D eigenvalue weighted by atomic mass is 9.93. The molecular weight excluding hydrogens is 326 g/mol. The number of carbonyl (C=O) groups is 2. The first-order valence-electron chi connectivity index (χ1n) is 8.99. The maximum absolute atomic E-state index is 12.9. The maximum Gasteiger partial charge on any atom is 0.290 e. The summed E-state index contributed by atoms with van der Waals surface area (Å²) in [7, 11) is 0. The number of Topliss-reactive ketones (excluding diaryl/α,β-unsaturated/α-hetero) is 1. The van der Waals surface area contributed by atoms with Gasteiger partial charge in [-0.15, -0.1) is 0 Å². The smallest absolute Gasteiger partial charge is 0.290 e. The molecule has 1 heterocycles. The monoisotopic (exact) mass is 349 g/mol. The Balaban J connectivity index is 1.88. The van der Waals surface area contributed by atoms with E-state index in [1.165, 1.54) is 0 Å². The number of ketones is 1. The summed E-state index contributed by atoms with van der Waals surface area (Å²) >= 11 is 0. The number of amides is 1. The molecule has 0 aliphatic carbocycles. The van der Waals surface area contributed by atoms with Gasteiger partial charge in [-0.05, 0) is 24.0 Å². The molecule has 0 fully saturated rings. The van der Waals surface area contributed by atoms with Crippen molar-refractivity contribution in [2.75, 3.05) is 6.54 Å². The van der Waals surface area contributed by atoms with E-state index in [0.29, 0.717) is 13.0 Å². The normalized spacial score (nSPS) is 17.0. The van der Waals surface area contributed by atoms with Crippen molar-refractivity contribution in [3.63, 3.8) is 0 Å². The van der Waals surface area contributed by atoms with Gasteiger partial charge in [0, 0.05) is 13.0 Å². The highest BCUT2D eigenvalue weighted by molar-refractivity contribution is 6.09. The Bertz CT molecular complexity index is 812. The van der Waals surface area contributed by atoms with E-state index in [4.69, 9.17) is 0 Å². The second-order valence-corrected chi connectivity index (χ2v) is 6.48. The van der Waals surface area contributed by atoms with Crippen LogP contribution >= 0.6 is 0 Å². The third kappa shape index (κ3) is 3.54. The third-order valence-corrected chi connectivity index (χ3v) is 4.67. The van der Waals surface area contributed by atoms with Crippen molar-refractivity contribution in [1.29, 1.82) is 0 Å². The highest BCUT2D eigenvalue weighted by Gasteiger charge is 2.42. The average molecular weight is 349 g/mol. The first-order valence-corrected chi connectivity index (χ1v) is 8.99. The average Bonchev–Trinajstić information content (AvgIpc) is 2.93. The summed E-state index contributed by atoms with van der Waals surface area (Å²) in [6, 6.07) is 18.7. The standard InChI is InChI=1S/C22H23NO3/c1-2-15-23-20(17-11-7-4-8-12-17)19(21(25)22(23)26)18(24)14-13-16-9-5-3-6-10-16/h3-12,20,25H,2,13-15H2,1H3. The molecule has 0 saturated heterocycles. The van der Waals surface area contributed by atoms with Gasteiger partial charge in [0.25, 0.3) is 5.91 Å². The molecule has 26 heavy (non-hydrogen) atoms. The van der Waals surface area contributed by atoms with Gasteiger partial charge in [0.15, 0.2) is 11.5 Å². The number of aryl methyl sites for hydroxylation is 1. The zero-order valence-electron chi connectivity index (χ0n) is 14.9. The number of nitrogens with zero attached hydrogens (tertiary/aromatic N) is 1. The zero-order valence-corrected chi connectivity index (χ0v) is 14.9. The van der Waals surface area contributed by atoms with E-state index < -0.39 is 17.7 Å². The van der Waals surface area contributed by atoms with Crippen LogP contribution in [0.3, 0.4) is 0 Å². The van der Waals surface area contributed by atoms with Crippen LogP contribution in [0.4, 0.5) is 0 Å². The number of rotatable bonds is 7. The van der Waals surface area contributed by atoms with Crippen LogP contribution in [0.5, 0.6) is 0 Å². The molecule has 0 saturated carbocycles. The molecule has 3 rings (SSSR count). The predicted octanol–water partition coefficient (Wildman–Crippen LogP) is 3.99. The topological polar surface area (TPSA) is 57.6 Å². The van der Waals surface area contributed by atoms with Crippen LogP contribution in [0, 0.1) is 0 Å². The first kappa shape index (κ1) is 17.9. The molecule has 1 aliphatic rings. The third-order valence-electron chi connectivity index (χ3n) is 4.67. The Morgan fingerprint density at radius 3 is 2.27 bits per heavy atom. The van der Waals surface area contributed by atoms with Crippen LogP contribution in [-0.2, 0) is 16.0 Å². The number of benzene rings is 2. The lowest BCUT2D eigenvalue weighted by Crippen LogP contribution is -2.31. The zero-order chi connectivity index (χ0) is 18.5. The SMILES string of the molecule is CCCN1C(=O)C(O)=C(C(=O)CCc2ccccc2)C1c1ccccc1. The van der Waals surface area contributed by atoms with Gasteiger partial charge in [-0.3, -0.25) is 9.59 Å². The minimum absolute atomic E-state index is 0.174. The lowest BCUT2D eigenvalue weighted by Gasteiger charge is -2.26. The van der Waals surface area contributed by atoms with E-state index in [9.17, 15) is 14.7 Å². The summed E-state index contributed by atoms with van der Waals surface area (Å²) in [5.41, 5.74) is 2.14. The molecule has 1 amide bonds. The number of aliphatic hydroxyl groups is 1. The Morgan fingerprint density at radius 1 is 1.04 bits per heavy atom. The van der Waals surface area contributed by atoms with Crippen LogP contribution in [0.15, 0.2) is 72.0 Å². The molecule has 0 spiro atoms. The Labute approximate surface area is 153 Å². The minimum atomic E-state index is -0.507. The molecule has 0 bridgehead atoms. The van der Waals surface area contributed by atoms with Gasteiger partial charge >= 0.3 is 0 Å². The fourth-order valence-corrected chi connectivity index (χ4v) is 3.43. The highest BCUT2D eigenvalue weighted by Crippen LogP contribution is 2.38. The maximum atomic E-state index is 12.9. The van der Waals surface area contributed by atoms with E-state index in [1.54, 1.807) is 4.90 Å². The molecular formula is C22H23NO3. The molecule has 0 radical (unpaired) electrons. The van der Waals surface area contributed by atoms with Crippen molar-refractivity contribution in [1.82, 2.24) is 4.90 Å². The van der Waals surface area contributed by atoms with Gasteiger partial charge in [0.1, 0.15) is 0 Å². The second-order valence-electron chi connectivity index (χ2n) is 6.48. The molecule has 1 aliphatic heterocycles. The highest BCUT2D eigenvalue weighted by atomic mass is 16.3. The van der Waals surface area contributed by atoms with Gasteiger partial charge in [-0.2, -0.15) is 0 Å². The molecule has 4 nitrogen and oxygen atoms in total. The van der Waals surface area contributed by atoms with Crippen molar-refractivity contribution in [2.45, 2.75) is 32.2 Å². The van der Waals surface area contributed by atoms with Gasteiger partial charge in [-0.25, -0.2) is 0 Å². The molecule has 1 unspecified atom stereocenters. The Kier molecular flexibility index (Phi) is 5.52. The molecule has 134 valence electrons. The van der Waals surface area contributed by atoms with E-state index >= 15 is 0 Å². The van der Waals surface area contributed by atoms with Crippen LogP contribution < -0.4 is 0 Å². The van der Waals surface area contributed by atoms with E-state index in [2.05, 4.69) is 0 Å². The van der Waals surface area contributed by atoms with Gasteiger partial charge in [-0.1, -0.05) is 67.6 Å². The molecule has 0 aromatic heterocycles. The number of carbonyl (C=O) groups excluding carboxylic acids is 2. The number of hydrogen-bond donors (Lipinski definition) is 1. The quantitative estimate of drug-likeness (QED) is 0.822. The second kappa shape index (κ2) is 8.00. The summed E-state index contributed by atoms with van der Waals surface area (Å²) in [6.45, 7) is 2.47. The van der Waals surface area contributed by atoms with Crippen LogP contribution in [-0.4, -0.2) is 28.2 Å². The van der Waals surface area contributed by atoms with Crippen molar-refractivity contribution in [3.05, 3.63) is 83.1 Å². The lowest BCUT2D eigenvalue weighted by molar-refractivity contribution is -0.129. The minimum Gasteiger partial charge on any atom is -0.503 e. The van der Waals surface area contributed by atoms with Crippen LogP contribution in [0.2, 0.25) is 0 Å². The van der Waals surface area contributed by atoms with Gasteiger partial charge in [0.2, 0.25) is 0 Å². The number of hydrogen-bond acceptors (Lipinski definition) is 3. The van der Waals surface area contributed by atoms with Crippen molar-refractivity contribution < 1.29 is 14.7 Å². The summed E-state index contributed by atoms with van der Waals surface area (Å²) in [6.07, 6.45) is 1.60. The molecule has 2 aromatic carbocycles.